The third kappa shape index (κ3) is 2.08. The van der Waals surface area contributed by atoms with Crippen LogP contribution in [0.5, 0.6) is 0 Å². The van der Waals surface area contributed by atoms with Gasteiger partial charge >= 0.3 is 5.95 Å². The number of H-pyrrole nitrogens is 1. The number of nitro groups is 1. The van der Waals surface area contributed by atoms with Crippen LogP contribution in [-0.4, -0.2) is 15.9 Å². The number of aliphatic imine (C=N–C) groups is 1. The molecule has 0 fully saturated rings. The maximum atomic E-state index is 10.8. The zero-order chi connectivity index (χ0) is 16.0. The largest absolute Gasteiger partial charge is 0.365 e. The van der Waals surface area contributed by atoms with Crippen molar-refractivity contribution < 1.29 is 9.49 Å². The van der Waals surface area contributed by atoms with Crippen LogP contribution >= 0.6 is 0 Å². The second-order valence-corrected chi connectivity index (χ2v) is 5.22. The highest BCUT2D eigenvalue weighted by Crippen LogP contribution is 2.25. The van der Waals surface area contributed by atoms with Crippen molar-refractivity contribution in [2.75, 3.05) is 5.32 Å². The van der Waals surface area contributed by atoms with Crippen molar-refractivity contribution in [3.8, 4) is 0 Å². The highest BCUT2D eigenvalue weighted by Gasteiger charge is 2.31. The molecule has 0 saturated heterocycles. The molecular weight excluding hydrogens is 296 g/mol. The van der Waals surface area contributed by atoms with Crippen LogP contribution in [0.3, 0.4) is 0 Å². The van der Waals surface area contributed by atoms with Crippen LogP contribution < -0.4 is 15.6 Å². The van der Waals surface area contributed by atoms with E-state index in [1.807, 2.05) is 28.8 Å². The molecule has 8 heteroatoms. The predicted octanol–water partition coefficient (Wildman–Crippen LogP) is 1.65. The van der Waals surface area contributed by atoms with Crippen molar-refractivity contribution in [2.45, 2.75) is 6.17 Å². The molecule has 1 aliphatic rings. The Balaban J connectivity index is 1.88. The molecule has 1 aromatic heterocycles. The Labute approximate surface area is 130 Å². The van der Waals surface area contributed by atoms with Crippen LogP contribution in [0.2, 0.25) is 0 Å². The third-order valence-corrected chi connectivity index (χ3v) is 3.81. The fraction of sp³-hybridized carbons (Fsp3) is 0.0667. The molecule has 2 aromatic carbocycles. The number of benzene rings is 2. The van der Waals surface area contributed by atoms with Crippen LogP contribution in [-0.2, 0) is 0 Å². The van der Waals surface area contributed by atoms with Crippen molar-refractivity contribution >= 4 is 28.6 Å². The molecule has 8 nitrogen and oxygen atoms in total. The Morgan fingerprint density at radius 2 is 1.91 bits per heavy atom. The van der Waals surface area contributed by atoms with Gasteiger partial charge in [-0.25, -0.2) is 14.9 Å². The number of fused-ring (bicyclic) bond motifs is 3. The molecule has 4 N–H and O–H groups in total. The standard InChI is InChI=1S/C15H12N6O2/c16-14-18-13(9-5-7-10(8-6-9)21(22)23)20-12-4-2-1-3-11(12)17-15(20)19-14/h1-8,13H,(H3,16,17,18,19)/p+1/t13-/m0/s1. The number of nitrogens with zero attached hydrogens (tertiary/aromatic N) is 3. The second-order valence-electron chi connectivity index (χ2n) is 5.22. The first-order valence-electron chi connectivity index (χ1n) is 7.00. The number of guanidine groups is 1. The number of anilines is 1. The molecule has 0 radical (unpaired) electrons. The number of aromatic amines is 1. The predicted molar refractivity (Wildman–Crippen MR) is 85.0 cm³/mol. The van der Waals surface area contributed by atoms with E-state index >= 15 is 0 Å². The summed E-state index contributed by atoms with van der Waals surface area (Å²) in [6.45, 7) is 0. The van der Waals surface area contributed by atoms with E-state index < -0.39 is 4.92 Å². The molecule has 1 aliphatic heterocycles. The molecule has 1 atom stereocenters. The number of nitrogens with two attached hydrogens (primary N) is 1. The van der Waals surface area contributed by atoms with E-state index in [0.29, 0.717) is 5.96 Å². The molecule has 114 valence electrons. The molecule has 2 heterocycles. The fourth-order valence-electron chi connectivity index (χ4n) is 2.78. The van der Waals surface area contributed by atoms with Crippen molar-refractivity contribution in [3.63, 3.8) is 0 Å². The van der Waals surface area contributed by atoms with Crippen molar-refractivity contribution in [1.29, 1.82) is 0 Å². The van der Waals surface area contributed by atoms with Gasteiger partial charge in [-0.2, -0.15) is 4.99 Å². The first-order chi connectivity index (χ1) is 11.1. The molecule has 0 amide bonds. The van der Waals surface area contributed by atoms with Crippen molar-refractivity contribution in [2.24, 2.45) is 10.7 Å². The molecule has 0 aliphatic carbocycles. The minimum absolute atomic E-state index is 0.0452. The van der Waals surface area contributed by atoms with Gasteiger partial charge in [-0.1, -0.05) is 12.1 Å². The number of hydrogen-bond donors (Lipinski definition) is 3. The van der Waals surface area contributed by atoms with Gasteiger partial charge in [-0.3, -0.25) is 10.1 Å². The number of rotatable bonds is 2. The Morgan fingerprint density at radius 1 is 1.17 bits per heavy atom. The smallest absolute Gasteiger partial charge is 0.357 e. The molecule has 0 unspecified atom stereocenters. The van der Waals surface area contributed by atoms with Crippen LogP contribution in [0.4, 0.5) is 11.6 Å². The monoisotopic (exact) mass is 309 g/mol. The van der Waals surface area contributed by atoms with E-state index in [-0.39, 0.29) is 11.9 Å². The summed E-state index contributed by atoms with van der Waals surface area (Å²) in [6, 6.07) is 14.2. The average molecular weight is 309 g/mol. The lowest BCUT2D eigenvalue weighted by Gasteiger charge is -2.17. The van der Waals surface area contributed by atoms with Crippen molar-refractivity contribution in [1.82, 2.24) is 4.98 Å². The Hall–Kier alpha value is -3.42. The summed E-state index contributed by atoms with van der Waals surface area (Å²) >= 11 is 0. The number of non-ortho nitro benzene ring substituents is 1. The van der Waals surface area contributed by atoms with Crippen molar-refractivity contribution in [3.05, 3.63) is 64.2 Å². The fourth-order valence-corrected chi connectivity index (χ4v) is 2.78. The lowest BCUT2D eigenvalue weighted by molar-refractivity contribution is -0.674. The van der Waals surface area contributed by atoms with Gasteiger partial charge < -0.3 is 5.73 Å². The van der Waals surface area contributed by atoms with Gasteiger partial charge in [0.2, 0.25) is 6.17 Å². The number of hydrogen-bond acceptors (Lipinski definition) is 5. The first kappa shape index (κ1) is 13.3. The maximum Gasteiger partial charge on any atom is 0.365 e. The topological polar surface area (TPSA) is 113 Å². The van der Waals surface area contributed by atoms with Crippen LogP contribution in [0.15, 0.2) is 53.5 Å². The molecule has 4 rings (SSSR count). The lowest BCUT2D eigenvalue weighted by Crippen LogP contribution is -2.48. The maximum absolute atomic E-state index is 10.8. The first-order valence-corrected chi connectivity index (χ1v) is 7.00. The zero-order valence-corrected chi connectivity index (χ0v) is 11.9. The molecule has 23 heavy (non-hydrogen) atoms. The SMILES string of the molecule is NC1=N[C@H](c2ccc([N+](=O)[O-])cc2)[n+]2c([nH]c3ccccc32)N1. The summed E-state index contributed by atoms with van der Waals surface area (Å²) in [5.41, 5.74) is 8.65. The van der Waals surface area contributed by atoms with Crippen LogP contribution in [0, 0.1) is 10.1 Å². The van der Waals surface area contributed by atoms with Gasteiger partial charge in [0.25, 0.3) is 11.6 Å². The number of para-hydroxylation sites is 2. The van der Waals surface area contributed by atoms with Gasteiger partial charge in [0.15, 0.2) is 0 Å². The van der Waals surface area contributed by atoms with Gasteiger partial charge in [0.1, 0.15) is 11.0 Å². The minimum Gasteiger partial charge on any atom is -0.357 e. The number of imidazole rings is 1. The minimum atomic E-state index is -0.423. The van der Waals surface area contributed by atoms with Gasteiger partial charge in [-0.15, -0.1) is 0 Å². The Kier molecular flexibility index (Phi) is 2.77. The van der Waals surface area contributed by atoms with E-state index in [0.717, 1.165) is 22.5 Å². The average Bonchev–Trinajstić information content (AvgIpc) is 2.92. The second kappa shape index (κ2) is 4.80. The van der Waals surface area contributed by atoms with E-state index in [4.69, 9.17) is 5.73 Å². The Bertz CT molecular complexity index is 944. The number of nitrogens with one attached hydrogen (secondary N) is 2. The van der Waals surface area contributed by atoms with E-state index in [1.165, 1.54) is 12.1 Å². The van der Waals surface area contributed by atoms with Crippen LogP contribution in [0.1, 0.15) is 11.7 Å². The van der Waals surface area contributed by atoms with Crippen LogP contribution in [0.25, 0.3) is 11.0 Å². The van der Waals surface area contributed by atoms with E-state index in [1.54, 1.807) is 12.1 Å². The van der Waals surface area contributed by atoms with E-state index in [2.05, 4.69) is 15.3 Å². The molecule has 0 bridgehead atoms. The summed E-state index contributed by atoms with van der Waals surface area (Å²) in [5.74, 6) is 1.02. The summed E-state index contributed by atoms with van der Waals surface area (Å²) in [5, 5.41) is 13.8. The molecular formula is C15H13N6O2+. The number of nitro benzene ring substituents is 1. The summed E-state index contributed by atoms with van der Waals surface area (Å²) in [6.07, 6.45) is -0.386. The van der Waals surface area contributed by atoms with Gasteiger partial charge in [0.05, 0.1) is 4.92 Å². The number of aromatic nitrogens is 2. The zero-order valence-electron chi connectivity index (χ0n) is 11.9. The quantitative estimate of drug-likeness (QED) is 0.379. The van der Waals surface area contributed by atoms with Gasteiger partial charge in [0, 0.05) is 17.7 Å². The summed E-state index contributed by atoms with van der Waals surface area (Å²) in [4.78, 5) is 18.1. The normalized spacial score (nSPS) is 16.5. The lowest BCUT2D eigenvalue weighted by atomic mass is 10.1. The molecule has 3 aromatic rings. The summed E-state index contributed by atoms with van der Waals surface area (Å²) in [7, 11) is 0. The molecule has 0 spiro atoms. The highest BCUT2D eigenvalue weighted by molar-refractivity contribution is 5.92. The summed E-state index contributed by atoms with van der Waals surface area (Å²) < 4.78 is 1.98. The third-order valence-electron chi connectivity index (χ3n) is 3.81. The molecule has 0 saturated carbocycles. The Morgan fingerprint density at radius 3 is 2.65 bits per heavy atom. The van der Waals surface area contributed by atoms with Gasteiger partial charge in [-0.05, 0) is 24.3 Å². The van der Waals surface area contributed by atoms with E-state index in [9.17, 15) is 10.1 Å². The highest BCUT2D eigenvalue weighted by atomic mass is 16.6.